The first kappa shape index (κ1) is 22.7. The van der Waals surface area contributed by atoms with Crippen molar-refractivity contribution in [2.75, 3.05) is 0 Å². The molecule has 3 aromatic rings. The van der Waals surface area contributed by atoms with Crippen molar-refractivity contribution < 1.29 is 21.6 Å². The number of pyridine rings is 2. The van der Waals surface area contributed by atoms with Crippen LogP contribution in [0.3, 0.4) is 0 Å². The second-order valence-electron chi connectivity index (χ2n) is 7.11. The highest BCUT2D eigenvalue weighted by Gasteiger charge is 2.39. The number of nitriles is 1. The third kappa shape index (κ3) is 4.26. The molecule has 0 aliphatic heterocycles. The van der Waals surface area contributed by atoms with Gasteiger partial charge in [0.1, 0.15) is 28.3 Å². The van der Waals surface area contributed by atoms with E-state index in [4.69, 9.17) is 0 Å². The van der Waals surface area contributed by atoms with Crippen molar-refractivity contribution in [1.82, 2.24) is 19.3 Å². The molecule has 0 amide bonds. The zero-order valence-corrected chi connectivity index (χ0v) is 17.8. The van der Waals surface area contributed by atoms with Crippen LogP contribution in [0.5, 0.6) is 0 Å². The Labute approximate surface area is 177 Å². The molecule has 7 nitrogen and oxygen atoms in total. The molecule has 0 aliphatic rings. The predicted molar refractivity (Wildman–Crippen MR) is 109 cm³/mol. The van der Waals surface area contributed by atoms with Gasteiger partial charge in [0.05, 0.1) is 11.3 Å². The Hall–Kier alpha value is -2.97. The monoisotopic (exact) mass is 451 g/mol. The van der Waals surface area contributed by atoms with Crippen molar-refractivity contribution >= 4 is 21.1 Å². The van der Waals surface area contributed by atoms with E-state index >= 15 is 0 Å². The van der Waals surface area contributed by atoms with Crippen molar-refractivity contribution in [1.29, 1.82) is 5.26 Å². The summed E-state index contributed by atoms with van der Waals surface area (Å²) in [6.07, 6.45) is -1.15. The lowest BCUT2D eigenvalue weighted by molar-refractivity contribution is -0.147. The maximum absolute atomic E-state index is 13.0. The van der Waals surface area contributed by atoms with Gasteiger partial charge in [-0.3, -0.25) is 4.98 Å². The zero-order chi connectivity index (χ0) is 23.0. The highest BCUT2D eigenvalue weighted by Crippen LogP contribution is 2.35. The Kier molecular flexibility index (Phi) is 6.07. The number of nitrogens with one attached hydrogen (secondary N) is 1. The normalized spacial score (nSPS) is 13.3. The number of fused-ring (bicyclic) bond motifs is 1. The van der Waals surface area contributed by atoms with Crippen LogP contribution in [0.4, 0.5) is 13.2 Å². The number of nitrogens with zero attached hydrogens (tertiary/aromatic N) is 4. The van der Waals surface area contributed by atoms with E-state index in [9.17, 15) is 26.9 Å². The van der Waals surface area contributed by atoms with E-state index in [0.29, 0.717) is 24.0 Å². The third-order valence-corrected chi connectivity index (χ3v) is 6.27. The van der Waals surface area contributed by atoms with Crippen molar-refractivity contribution in [3.8, 4) is 17.5 Å². The summed E-state index contributed by atoms with van der Waals surface area (Å²) in [7, 11) is -4.60. The molecule has 3 heterocycles. The average molecular weight is 451 g/mol. The highest BCUT2D eigenvalue weighted by molar-refractivity contribution is 7.89. The highest BCUT2D eigenvalue weighted by atomic mass is 32.2. The lowest BCUT2D eigenvalue weighted by atomic mass is 10.1. The Bertz CT molecular complexity index is 1280. The van der Waals surface area contributed by atoms with Crippen LogP contribution in [0.1, 0.15) is 31.4 Å². The molecule has 11 heteroatoms. The fraction of sp³-hybridized carbons (Fsp3) is 0.350. The maximum atomic E-state index is 13.0. The van der Waals surface area contributed by atoms with Gasteiger partial charge < -0.3 is 4.57 Å². The van der Waals surface area contributed by atoms with Crippen LogP contribution in [0, 0.1) is 18.3 Å². The summed E-state index contributed by atoms with van der Waals surface area (Å²) in [5.41, 5.74) is 1.55. The van der Waals surface area contributed by atoms with Gasteiger partial charge in [-0.25, -0.2) is 13.4 Å². The van der Waals surface area contributed by atoms with E-state index < -0.39 is 27.1 Å². The van der Waals surface area contributed by atoms with Crippen molar-refractivity contribution in [3.05, 3.63) is 41.7 Å². The molecule has 0 radical (unpaired) electrons. The van der Waals surface area contributed by atoms with Gasteiger partial charge in [0.25, 0.3) is 0 Å². The number of aryl methyl sites for hydroxylation is 2. The quantitative estimate of drug-likeness (QED) is 0.612. The SMILES string of the molecule is CCCn1c(-c2ncccc2S(=O)(=O)N[C@@H](C)C(F)(F)F)c(C#N)c2cc(C)cnc21. The summed E-state index contributed by atoms with van der Waals surface area (Å²) < 4.78 is 68.0. The molecule has 0 unspecified atom stereocenters. The molecule has 1 N–H and O–H groups in total. The van der Waals surface area contributed by atoms with Crippen molar-refractivity contribution in [3.63, 3.8) is 0 Å². The molecule has 0 spiro atoms. The molecule has 0 saturated heterocycles. The van der Waals surface area contributed by atoms with Crippen LogP contribution in [0.25, 0.3) is 22.4 Å². The van der Waals surface area contributed by atoms with E-state index in [-0.39, 0.29) is 17.0 Å². The Morgan fingerprint density at radius 1 is 1.32 bits per heavy atom. The number of aromatic nitrogens is 3. The lowest BCUT2D eigenvalue weighted by Gasteiger charge is -2.19. The topological polar surface area (TPSA) is 101 Å². The van der Waals surface area contributed by atoms with Crippen LogP contribution in [-0.2, 0) is 16.6 Å². The second-order valence-corrected chi connectivity index (χ2v) is 8.79. The summed E-state index contributed by atoms with van der Waals surface area (Å²) in [6, 6.07) is 4.04. The van der Waals surface area contributed by atoms with E-state index in [0.717, 1.165) is 12.5 Å². The minimum Gasteiger partial charge on any atom is -0.323 e. The fourth-order valence-corrected chi connectivity index (χ4v) is 4.67. The number of rotatable bonds is 6. The molecule has 0 saturated carbocycles. The van der Waals surface area contributed by atoms with E-state index in [1.54, 1.807) is 21.6 Å². The Morgan fingerprint density at radius 2 is 2.03 bits per heavy atom. The van der Waals surface area contributed by atoms with Crippen LogP contribution in [0.2, 0.25) is 0 Å². The van der Waals surface area contributed by atoms with Gasteiger partial charge in [-0.1, -0.05) is 6.92 Å². The summed E-state index contributed by atoms with van der Waals surface area (Å²) >= 11 is 0. The van der Waals surface area contributed by atoms with Crippen LogP contribution >= 0.6 is 0 Å². The molecule has 1 atom stereocenters. The summed E-state index contributed by atoms with van der Waals surface area (Å²) in [6.45, 7) is 4.84. The molecule has 164 valence electrons. The minimum absolute atomic E-state index is 0.106. The first-order valence-corrected chi connectivity index (χ1v) is 10.9. The average Bonchev–Trinajstić information content (AvgIpc) is 2.99. The molecule has 0 aliphatic carbocycles. The molecule has 0 bridgehead atoms. The van der Waals surface area contributed by atoms with E-state index in [1.807, 2.05) is 13.8 Å². The maximum Gasteiger partial charge on any atom is 0.404 e. The number of alkyl halides is 3. The molecule has 0 aromatic carbocycles. The second kappa shape index (κ2) is 8.28. The van der Waals surface area contributed by atoms with Gasteiger partial charge in [-0.05, 0) is 44.0 Å². The lowest BCUT2D eigenvalue weighted by Crippen LogP contribution is -2.43. The first-order chi connectivity index (χ1) is 14.5. The van der Waals surface area contributed by atoms with Gasteiger partial charge in [-0.15, -0.1) is 0 Å². The summed E-state index contributed by atoms with van der Waals surface area (Å²) in [4.78, 5) is 8.11. The van der Waals surface area contributed by atoms with Gasteiger partial charge in [0, 0.05) is 24.3 Å². The first-order valence-electron chi connectivity index (χ1n) is 9.44. The largest absolute Gasteiger partial charge is 0.404 e. The Morgan fingerprint density at radius 3 is 2.65 bits per heavy atom. The van der Waals surface area contributed by atoms with Gasteiger partial charge in [0.2, 0.25) is 10.0 Å². The van der Waals surface area contributed by atoms with Crippen molar-refractivity contribution in [2.45, 2.75) is 50.9 Å². The zero-order valence-electron chi connectivity index (χ0n) is 17.0. The predicted octanol–water partition coefficient (Wildman–Crippen LogP) is 3.92. The summed E-state index contributed by atoms with van der Waals surface area (Å²) in [5, 5.41) is 10.4. The molecule has 0 fully saturated rings. The smallest absolute Gasteiger partial charge is 0.323 e. The fourth-order valence-electron chi connectivity index (χ4n) is 3.28. The number of sulfonamides is 1. The van der Waals surface area contributed by atoms with E-state index in [2.05, 4.69) is 16.0 Å². The standard InChI is InChI=1S/C20H20F3N5O2S/c1-4-8-28-18(15(10-24)14-9-12(2)11-26-19(14)28)17-16(6-5-7-25-17)31(29,30)27-13(3)20(21,22)23/h5-7,9,11,13,27H,4,8H2,1-3H3/t13-/m0/s1. The van der Waals surface area contributed by atoms with Gasteiger partial charge in [-0.2, -0.15) is 23.2 Å². The number of halogens is 3. The molecule has 3 rings (SSSR count). The molecule has 3 aromatic heterocycles. The Balaban J connectivity index is 2.31. The molecular formula is C20H20F3N5O2S. The van der Waals surface area contributed by atoms with Crippen LogP contribution < -0.4 is 4.72 Å². The number of hydrogen-bond acceptors (Lipinski definition) is 5. The molecule has 31 heavy (non-hydrogen) atoms. The van der Waals surface area contributed by atoms with Crippen LogP contribution in [0.15, 0.2) is 35.5 Å². The van der Waals surface area contributed by atoms with Crippen molar-refractivity contribution in [2.24, 2.45) is 0 Å². The van der Waals surface area contributed by atoms with Crippen LogP contribution in [-0.4, -0.2) is 35.2 Å². The number of hydrogen-bond donors (Lipinski definition) is 1. The summed E-state index contributed by atoms with van der Waals surface area (Å²) in [5.74, 6) is 0. The van der Waals surface area contributed by atoms with Gasteiger partial charge in [0.15, 0.2) is 0 Å². The minimum atomic E-state index is -4.76. The third-order valence-electron chi connectivity index (χ3n) is 4.70. The van der Waals surface area contributed by atoms with E-state index in [1.165, 1.54) is 18.3 Å². The molecular weight excluding hydrogens is 431 g/mol. The van der Waals surface area contributed by atoms with Gasteiger partial charge >= 0.3 is 6.18 Å².